The van der Waals surface area contributed by atoms with E-state index in [4.69, 9.17) is 9.84 Å². The van der Waals surface area contributed by atoms with E-state index >= 15 is 0 Å². The van der Waals surface area contributed by atoms with Crippen molar-refractivity contribution in [3.8, 4) is 0 Å². The number of hydrogen-bond acceptors (Lipinski definition) is 5. The first-order chi connectivity index (χ1) is 12.1. The molecule has 2 aromatic heterocycles. The van der Waals surface area contributed by atoms with Gasteiger partial charge in [-0.3, -0.25) is 4.79 Å². The van der Waals surface area contributed by atoms with E-state index in [-0.39, 0.29) is 11.8 Å². The van der Waals surface area contributed by atoms with Gasteiger partial charge < -0.3 is 19.5 Å². The quantitative estimate of drug-likeness (QED) is 0.896. The summed E-state index contributed by atoms with van der Waals surface area (Å²) in [7, 11) is 1.83. The Labute approximate surface area is 147 Å². The Kier molecular flexibility index (Phi) is 4.29. The van der Waals surface area contributed by atoms with Crippen molar-refractivity contribution >= 4 is 16.9 Å². The van der Waals surface area contributed by atoms with Crippen LogP contribution >= 0.6 is 0 Å². The van der Waals surface area contributed by atoms with E-state index in [9.17, 15) is 4.79 Å². The number of rotatable bonds is 2. The molecule has 2 aromatic rings. The molecule has 2 saturated heterocycles. The standard InChI is InChI=1S/C18H27N5O2/c1-12-11-22(13(2)10-19-12)18-17-14(7-8-15(24)21(17)3)20-23(18)16-6-4-5-9-25-16/h7-8,12-13,16,19H,4-6,9-11H2,1-3H3/t12-,13+,16?/m1/s1. The van der Waals surface area contributed by atoms with Crippen LogP contribution in [-0.2, 0) is 11.8 Å². The van der Waals surface area contributed by atoms with Gasteiger partial charge in [-0.2, -0.15) is 5.10 Å². The van der Waals surface area contributed by atoms with Crippen molar-refractivity contribution in [3.63, 3.8) is 0 Å². The number of anilines is 1. The fourth-order valence-electron chi connectivity index (χ4n) is 3.94. The van der Waals surface area contributed by atoms with Gasteiger partial charge in [-0.1, -0.05) is 0 Å². The second-order valence-corrected chi connectivity index (χ2v) is 7.36. The zero-order chi connectivity index (χ0) is 17.6. The highest BCUT2D eigenvalue weighted by molar-refractivity contribution is 5.87. The molecule has 0 saturated carbocycles. The van der Waals surface area contributed by atoms with Crippen LogP contribution in [0.3, 0.4) is 0 Å². The second-order valence-electron chi connectivity index (χ2n) is 7.36. The summed E-state index contributed by atoms with van der Waals surface area (Å²) in [6.07, 6.45) is 3.16. The predicted molar refractivity (Wildman–Crippen MR) is 98.1 cm³/mol. The topological polar surface area (TPSA) is 64.3 Å². The molecule has 0 amide bonds. The molecule has 1 N–H and O–H groups in total. The van der Waals surface area contributed by atoms with Crippen molar-refractivity contribution < 1.29 is 4.74 Å². The van der Waals surface area contributed by atoms with Crippen LogP contribution in [0.2, 0.25) is 0 Å². The summed E-state index contributed by atoms with van der Waals surface area (Å²) in [6.45, 7) is 6.98. The molecule has 136 valence electrons. The predicted octanol–water partition coefficient (Wildman–Crippen LogP) is 1.62. The van der Waals surface area contributed by atoms with Crippen LogP contribution in [0, 0.1) is 0 Å². The number of nitrogens with one attached hydrogen (secondary N) is 1. The van der Waals surface area contributed by atoms with E-state index in [2.05, 4.69) is 24.1 Å². The Bertz CT molecular complexity index is 821. The summed E-state index contributed by atoms with van der Waals surface area (Å²) >= 11 is 0. The van der Waals surface area contributed by atoms with E-state index in [1.807, 2.05) is 17.8 Å². The van der Waals surface area contributed by atoms with Crippen molar-refractivity contribution in [3.05, 3.63) is 22.5 Å². The van der Waals surface area contributed by atoms with Gasteiger partial charge in [0.15, 0.2) is 12.0 Å². The van der Waals surface area contributed by atoms with Crippen molar-refractivity contribution in [2.45, 2.75) is 51.4 Å². The number of pyridine rings is 1. The second kappa shape index (κ2) is 6.46. The SMILES string of the molecule is C[C@@H]1CN(c2c3c(ccc(=O)n3C)nn2C2CCCCO2)[C@@H](C)CN1. The summed E-state index contributed by atoms with van der Waals surface area (Å²) in [6, 6.07) is 4.14. The van der Waals surface area contributed by atoms with Crippen LogP contribution in [0.1, 0.15) is 39.3 Å². The van der Waals surface area contributed by atoms with Gasteiger partial charge in [-0.05, 0) is 39.2 Å². The van der Waals surface area contributed by atoms with Crippen LogP contribution in [-0.4, -0.2) is 46.1 Å². The third-order valence-corrected chi connectivity index (χ3v) is 5.40. The molecule has 7 heteroatoms. The summed E-state index contributed by atoms with van der Waals surface area (Å²) in [4.78, 5) is 14.6. The lowest BCUT2D eigenvalue weighted by Crippen LogP contribution is -2.55. The first kappa shape index (κ1) is 16.6. The molecule has 7 nitrogen and oxygen atoms in total. The van der Waals surface area contributed by atoms with E-state index in [1.54, 1.807) is 10.6 Å². The molecule has 0 aromatic carbocycles. The Hall–Kier alpha value is -1.86. The average Bonchev–Trinajstić information content (AvgIpc) is 3.01. The van der Waals surface area contributed by atoms with Gasteiger partial charge in [0, 0.05) is 44.9 Å². The zero-order valence-corrected chi connectivity index (χ0v) is 15.2. The Morgan fingerprint density at radius 1 is 1.28 bits per heavy atom. The Balaban J connectivity index is 1.91. The summed E-state index contributed by atoms with van der Waals surface area (Å²) in [5, 5.41) is 8.37. The summed E-state index contributed by atoms with van der Waals surface area (Å²) in [5.74, 6) is 1.02. The lowest BCUT2D eigenvalue weighted by Gasteiger charge is -2.40. The molecule has 4 rings (SSSR count). The highest BCUT2D eigenvalue weighted by Gasteiger charge is 2.31. The van der Waals surface area contributed by atoms with Gasteiger partial charge in [0.05, 0.1) is 0 Å². The smallest absolute Gasteiger partial charge is 0.250 e. The van der Waals surface area contributed by atoms with Gasteiger partial charge >= 0.3 is 0 Å². The average molecular weight is 345 g/mol. The largest absolute Gasteiger partial charge is 0.356 e. The first-order valence-electron chi connectivity index (χ1n) is 9.26. The van der Waals surface area contributed by atoms with Crippen LogP contribution in [0.5, 0.6) is 0 Å². The lowest BCUT2D eigenvalue weighted by molar-refractivity contribution is -0.0383. The molecule has 0 bridgehead atoms. The fraction of sp³-hybridized carbons (Fsp3) is 0.667. The van der Waals surface area contributed by atoms with Crippen LogP contribution in [0.4, 0.5) is 5.82 Å². The minimum Gasteiger partial charge on any atom is -0.356 e. The van der Waals surface area contributed by atoms with Crippen LogP contribution in [0.15, 0.2) is 16.9 Å². The highest BCUT2D eigenvalue weighted by Crippen LogP contribution is 2.34. The van der Waals surface area contributed by atoms with Gasteiger partial charge in [-0.25, -0.2) is 4.68 Å². The summed E-state index contributed by atoms with van der Waals surface area (Å²) < 4.78 is 9.77. The monoisotopic (exact) mass is 345 g/mol. The van der Waals surface area contributed by atoms with Crippen molar-refractivity contribution in [1.82, 2.24) is 19.7 Å². The highest BCUT2D eigenvalue weighted by atomic mass is 16.5. The van der Waals surface area contributed by atoms with Crippen molar-refractivity contribution in [2.75, 3.05) is 24.6 Å². The van der Waals surface area contributed by atoms with E-state index in [0.29, 0.717) is 12.1 Å². The molecule has 2 aliphatic heterocycles. The maximum atomic E-state index is 12.3. The van der Waals surface area contributed by atoms with Crippen molar-refractivity contribution in [2.24, 2.45) is 7.05 Å². The van der Waals surface area contributed by atoms with E-state index in [0.717, 1.165) is 55.8 Å². The molecular formula is C18H27N5O2. The van der Waals surface area contributed by atoms with Crippen LogP contribution < -0.4 is 15.8 Å². The van der Waals surface area contributed by atoms with E-state index < -0.39 is 0 Å². The molecule has 1 unspecified atom stereocenters. The molecule has 0 spiro atoms. The lowest BCUT2D eigenvalue weighted by atomic mass is 10.1. The molecular weight excluding hydrogens is 318 g/mol. The van der Waals surface area contributed by atoms with Crippen LogP contribution in [0.25, 0.3) is 11.0 Å². The number of hydrogen-bond donors (Lipinski definition) is 1. The van der Waals surface area contributed by atoms with Gasteiger partial charge in [0.25, 0.3) is 5.56 Å². The Morgan fingerprint density at radius 2 is 2.12 bits per heavy atom. The number of fused-ring (bicyclic) bond motifs is 1. The molecule has 4 heterocycles. The maximum Gasteiger partial charge on any atom is 0.250 e. The molecule has 0 aliphatic carbocycles. The Morgan fingerprint density at radius 3 is 2.88 bits per heavy atom. The maximum absolute atomic E-state index is 12.3. The van der Waals surface area contributed by atoms with Crippen molar-refractivity contribution in [1.29, 1.82) is 0 Å². The third kappa shape index (κ3) is 2.85. The zero-order valence-electron chi connectivity index (χ0n) is 15.2. The molecule has 25 heavy (non-hydrogen) atoms. The van der Waals surface area contributed by atoms with Gasteiger partial charge in [0.1, 0.15) is 11.0 Å². The number of nitrogens with zero attached hydrogens (tertiary/aromatic N) is 4. The third-order valence-electron chi connectivity index (χ3n) is 5.40. The number of piperazine rings is 1. The molecule has 2 fully saturated rings. The first-order valence-corrected chi connectivity index (χ1v) is 9.26. The molecule has 0 radical (unpaired) electrons. The fourth-order valence-corrected chi connectivity index (χ4v) is 3.94. The minimum atomic E-state index is -0.0522. The van der Waals surface area contributed by atoms with Gasteiger partial charge in [0.2, 0.25) is 0 Å². The molecule has 3 atom stereocenters. The minimum absolute atomic E-state index is 0.00583. The van der Waals surface area contributed by atoms with Gasteiger partial charge in [-0.15, -0.1) is 0 Å². The summed E-state index contributed by atoms with van der Waals surface area (Å²) in [5.41, 5.74) is 1.75. The molecule has 2 aliphatic rings. The number of ether oxygens (including phenoxy) is 1. The normalized spacial score (nSPS) is 27.8. The van der Waals surface area contributed by atoms with E-state index in [1.165, 1.54) is 0 Å². The number of aromatic nitrogens is 3. The number of aryl methyl sites for hydroxylation is 1.